The van der Waals surface area contributed by atoms with E-state index < -0.39 is 0 Å². The Balaban J connectivity index is 2.26. The van der Waals surface area contributed by atoms with E-state index in [1.165, 1.54) is 0 Å². The SMILES string of the molecule is CC(C)NC(=O)CN1C(=O)CCCc2cc(N)ccc21. The molecular weight excluding hydrogens is 254 g/mol. The van der Waals surface area contributed by atoms with E-state index in [2.05, 4.69) is 5.32 Å². The van der Waals surface area contributed by atoms with Crippen LogP contribution < -0.4 is 16.0 Å². The molecule has 0 aromatic heterocycles. The van der Waals surface area contributed by atoms with Crippen molar-refractivity contribution < 1.29 is 9.59 Å². The lowest BCUT2D eigenvalue weighted by Gasteiger charge is -2.23. The number of carbonyl (C=O) groups is 2. The lowest BCUT2D eigenvalue weighted by molar-refractivity contribution is -0.124. The van der Waals surface area contributed by atoms with E-state index in [0.29, 0.717) is 12.1 Å². The number of aryl methyl sites for hydroxylation is 1. The van der Waals surface area contributed by atoms with Gasteiger partial charge in [-0.3, -0.25) is 9.59 Å². The topological polar surface area (TPSA) is 75.4 Å². The first-order valence-corrected chi connectivity index (χ1v) is 6.95. The number of fused-ring (bicyclic) bond motifs is 1. The van der Waals surface area contributed by atoms with E-state index in [1.807, 2.05) is 26.0 Å². The minimum absolute atomic E-state index is 0.00701. The van der Waals surface area contributed by atoms with E-state index in [9.17, 15) is 9.59 Å². The van der Waals surface area contributed by atoms with Crippen molar-refractivity contribution in [3.8, 4) is 0 Å². The molecule has 0 atom stereocenters. The predicted octanol–water partition coefficient (Wildman–Crippen LogP) is 1.46. The van der Waals surface area contributed by atoms with Gasteiger partial charge in [-0.15, -0.1) is 0 Å². The van der Waals surface area contributed by atoms with Crippen LogP contribution >= 0.6 is 0 Å². The minimum atomic E-state index is -0.141. The van der Waals surface area contributed by atoms with Crippen molar-refractivity contribution in [1.29, 1.82) is 0 Å². The number of carbonyl (C=O) groups excluding carboxylic acids is 2. The second-order valence-electron chi connectivity index (χ2n) is 5.44. The van der Waals surface area contributed by atoms with Crippen LogP contribution in [-0.4, -0.2) is 24.4 Å². The van der Waals surface area contributed by atoms with Crippen molar-refractivity contribution in [2.24, 2.45) is 0 Å². The Bertz CT molecular complexity index is 526. The summed E-state index contributed by atoms with van der Waals surface area (Å²) in [6.45, 7) is 3.86. The van der Waals surface area contributed by atoms with Crippen molar-refractivity contribution in [3.63, 3.8) is 0 Å². The number of rotatable bonds is 3. The molecule has 3 N–H and O–H groups in total. The number of nitrogens with one attached hydrogen (secondary N) is 1. The second-order valence-corrected chi connectivity index (χ2v) is 5.44. The van der Waals surface area contributed by atoms with Crippen molar-refractivity contribution in [3.05, 3.63) is 23.8 Å². The fourth-order valence-corrected chi connectivity index (χ4v) is 2.45. The minimum Gasteiger partial charge on any atom is -0.399 e. The first-order chi connectivity index (χ1) is 9.47. The van der Waals surface area contributed by atoms with E-state index >= 15 is 0 Å². The zero-order valence-electron chi connectivity index (χ0n) is 12.0. The zero-order valence-corrected chi connectivity index (χ0v) is 12.0. The normalized spacial score (nSPS) is 14.9. The molecule has 108 valence electrons. The molecule has 1 aromatic carbocycles. The molecule has 1 aliphatic rings. The van der Waals surface area contributed by atoms with Crippen LogP contribution in [0.5, 0.6) is 0 Å². The Kier molecular flexibility index (Phi) is 4.27. The highest BCUT2D eigenvalue weighted by molar-refractivity contribution is 6.00. The number of hydrogen-bond acceptors (Lipinski definition) is 3. The summed E-state index contributed by atoms with van der Waals surface area (Å²) in [4.78, 5) is 25.7. The predicted molar refractivity (Wildman–Crippen MR) is 79.4 cm³/mol. The summed E-state index contributed by atoms with van der Waals surface area (Å²) in [7, 11) is 0. The number of benzene rings is 1. The fraction of sp³-hybridized carbons (Fsp3) is 0.467. The third kappa shape index (κ3) is 3.29. The summed E-state index contributed by atoms with van der Waals surface area (Å²) in [5.74, 6) is -0.148. The third-order valence-corrected chi connectivity index (χ3v) is 3.28. The first-order valence-electron chi connectivity index (χ1n) is 6.95. The number of nitrogens with zero attached hydrogens (tertiary/aromatic N) is 1. The van der Waals surface area contributed by atoms with Gasteiger partial charge in [0, 0.05) is 23.8 Å². The van der Waals surface area contributed by atoms with Gasteiger partial charge in [0.1, 0.15) is 6.54 Å². The fourth-order valence-electron chi connectivity index (χ4n) is 2.45. The van der Waals surface area contributed by atoms with Gasteiger partial charge in [0.15, 0.2) is 0 Å². The summed E-state index contributed by atoms with van der Waals surface area (Å²) in [6.07, 6.45) is 2.07. The molecule has 1 aliphatic heterocycles. The van der Waals surface area contributed by atoms with Crippen LogP contribution in [0.3, 0.4) is 0 Å². The third-order valence-electron chi connectivity index (χ3n) is 3.28. The van der Waals surface area contributed by atoms with E-state index in [4.69, 9.17) is 5.73 Å². The Hall–Kier alpha value is -2.04. The highest BCUT2D eigenvalue weighted by Crippen LogP contribution is 2.28. The molecule has 0 fully saturated rings. The smallest absolute Gasteiger partial charge is 0.240 e. The summed E-state index contributed by atoms with van der Waals surface area (Å²) in [5.41, 5.74) is 8.32. The molecule has 1 aromatic rings. The molecule has 0 saturated heterocycles. The molecule has 2 amide bonds. The van der Waals surface area contributed by atoms with Gasteiger partial charge in [-0.25, -0.2) is 0 Å². The van der Waals surface area contributed by atoms with Crippen LogP contribution in [0.2, 0.25) is 0 Å². The number of nitrogen functional groups attached to an aromatic ring is 1. The first kappa shape index (κ1) is 14.4. The van der Waals surface area contributed by atoms with Gasteiger partial charge < -0.3 is 16.0 Å². The summed E-state index contributed by atoms with van der Waals surface area (Å²) in [6, 6.07) is 5.55. The van der Waals surface area contributed by atoms with Crippen molar-refractivity contribution >= 4 is 23.2 Å². The molecule has 2 rings (SSSR count). The van der Waals surface area contributed by atoms with Gasteiger partial charge >= 0.3 is 0 Å². The molecule has 0 saturated carbocycles. The van der Waals surface area contributed by atoms with Crippen molar-refractivity contribution in [2.75, 3.05) is 17.2 Å². The van der Waals surface area contributed by atoms with Crippen LogP contribution in [0.25, 0.3) is 0 Å². The second kappa shape index (κ2) is 5.94. The molecule has 5 nitrogen and oxygen atoms in total. The Morgan fingerprint density at radius 2 is 2.15 bits per heavy atom. The van der Waals surface area contributed by atoms with Gasteiger partial charge in [-0.2, -0.15) is 0 Å². The van der Waals surface area contributed by atoms with Gasteiger partial charge in [-0.05, 0) is 50.5 Å². The van der Waals surface area contributed by atoms with Crippen molar-refractivity contribution in [2.45, 2.75) is 39.2 Å². The summed E-state index contributed by atoms with van der Waals surface area (Å²) < 4.78 is 0. The average molecular weight is 275 g/mol. The van der Waals surface area contributed by atoms with Crippen molar-refractivity contribution in [1.82, 2.24) is 5.32 Å². The Labute approximate surface area is 119 Å². The maximum Gasteiger partial charge on any atom is 0.240 e. The highest BCUT2D eigenvalue weighted by atomic mass is 16.2. The molecular formula is C15H21N3O2. The number of anilines is 2. The van der Waals surface area contributed by atoms with Crippen LogP contribution in [0.15, 0.2) is 18.2 Å². The van der Waals surface area contributed by atoms with E-state index in [-0.39, 0.29) is 24.4 Å². The highest BCUT2D eigenvalue weighted by Gasteiger charge is 2.24. The molecule has 0 radical (unpaired) electrons. The average Bonchev–Trinajstić information content (AvgIpc) is 2.49. The number of amides is 2. The number of hydrogen-bond donors (Lipinski definition) is 2. The monoisotopic (exact) mass is 275 g/mol. The van der Waals surface area contributed by atoms with Gasteiger partial charge in [0.05, 0.1) is 0 Å². The van der Waals surface area contributed by atoms with Crippen LogP contribution in [0, 0.1) is 0 Å². The lowest BCUT2D eigenvalue weighted by Crippen LogP contribution is -2.42. The molecule has 20 heavy (non-hydrogen) atoms. The summed E-state index contributed by atoms with van der Waals surface area (Å²) >= 11 is 0. The van der Waals surface area contributed by atoms with Gasteiger partial charge in [-0.1, -0.05) is 0 Å². The molecule has 0 bridgehead atoms. The quantitative estimate of drug-likeness (QED) is 0.820. The van der Waals surface area contributed by atoms with Crippen LogP contribution in [-0.2, 0) is 16.0 Å². The van der Waals surface area contributed by atoms with Crippen LogP contribution in [0.4, 0.5) is 11.4 Å². The number of nitrogens with two attached hydrogens (primary N) is 1. The Morgan fingerprint density at radius 1 is 1.40 bits per heavy atom. The molecule has 0 spiro atoms. The largest absolute Gasteiger partial charge is 0.399 e. The van der Waals surface area contributed by atoms with Gasteiger partial charge in [0.25, 0.3) is 0 Å². The molecule has 0 unspecified atom stereocenters. The molecule has 1 heterocycles. The maximum atomic E-state index is 12.2. The van der Waals surface area contributed by atoms with Gasteiger partial charge in [0.2, 0.25) is 11.8 Å². The Morgan fingerprint density at radius 3 is 2.85 bits per heavy atom. The maximum absolute atomic E-state index is 12.2. The zero-order chi connectivity index (χ0) is 14.7. The van der Waals surface area contributed by atoms with E-state index in [0.717, 1.165) is 24.1 Å². The molecule has 0 aliphatic carbocycles. The van der Waals surface area contributed by atoms with Crippen LogP contribution in [0.1, 0.15) is 32.3 Å². The summed E-state index contributed by atoms with van der Waals surface area (Å²) in [5, 5.41) is 2.82. The molecule has 5 heteroatoms. The lowest BCUT2D eigenvalue weighted by atomic mass is 10.1. The standard InChI is InChI=1S/C15H21N3O2/c1-10(2)17-14(19)9-18-13-7-6-12(16)8-11(13)4-3-5-15(18)20/h6-8,10H,3-5,9,16H2,1-2H3,(H,17,19). The van der Waals surface area contributed by atoms with E-state index in [1.54, 1.807) is 11.0 Å².